The highest BCUT2D eigenvalue weighted by atomic mass is 32.2. The first kappa shape index (κ1) is 15.7. The number of anilines is 2. The molecule has 4 nitrogen and oxygen atoms in total. The number of carbonyl (C=O) groups excluding carboxylic acids is 1. The van der Waals surface area contributed by atoms with Crippen LogP contribution in [0.1, 0.15) is 37.0 Å². The monoisotopic (exact) mass is 281 g/mol. The van der Waals surface area contributed by atoms with Crippen molar-refractivity contribution >= 4 is 29.0 Å². The van der Waals surface area contributed by atoms with Crippen LogP contribution in [0.25, 0.3) is 0 Å². The zero-order valence-corrected chi connectivity index (χ0v) is 12.6. The Hall–Kier alpha value is -1.36. The lowest BCUT2D eigenvalue weighted by Crippen LogP contribution is -2.32. The van der Waals surface area contributed by atoms with Crippen LogP contribution < -0.4 is 16.8 Å². The lowest BCUT2D eigenvalue weighted by Gasteiger charge is -2.30. The summed E-state index contributed by atoms with van der Waals surface area (Å²) >= 11 is 1.87. The second-order valence-electron chi connectivity index (χ2n) is 4.61. The molecular formula is C14H23N3OS. The van der Waals surface area contributed by atoms with Crippen molar-refractivity contribution in [2.75, 3.05) is 23.9 Å². The van der Waals surface area contributed by atoms with Crippen molar-refractivity contribution in [3.05, 3.63) is 23.8 Å². The minimum Gasteiger partial charge on any atom is -0.397 e. The topological polar surface area (TPSA) is 81.1 Å². The summed E-state index contributed by atoms with van der Waals surface area (Å²) < 4.78 is 0.217. The second-order valence-corrected chi connectivity index (χ2v) is 5.89. The summed E-state index contributed by atoms with van der Waals surface area (Å²) in [6, 6.07) is 5.12. The van der Waals surface area contributed by atoms with Crippen molar-refractivity contribution in [1.29, 1.82) is 0 Å². The number of primary amides is 1. The first-order valence-electron chi connectivity index (χ1n) is 6.46. The van der Waals surface area contributed by atoms with E-state index < -0.39 is 5.91 Å². The number of benzene rings is 1. The van der Waals surface area contributed by atoms with E-state index in [0.29, 0.717) is 11.3 Å². The first-order chi connectivity index (χ1) is 8.98. The van der Waals surface area contributed by atoms with Crippen molar-refractivity contribution in [2.45, 2.75) is 31.4 Å². The molecule has 0 bridgehead atoms. The molecule has 1 amide bonds. The van der Waals surface area contributed by atoms with E-state index in [4.69, 9.17) is 11.5 Å². The predicted molar refractivity (Wildman–Crippen MR) is 84.7 cm³/mol. The van der Waals surface area contributed by atoms with Gasteiger partial charge >= 0.3 is 0 Å². The van der Waals surface area contributed by atoms with Crippen molar-refractivity contribution in [1.82, 2.24) is 0 Å². The van der Waals surface area contributed by atoms with E-state index in [9.17, 15) is 4.79 Å². The molecule has 0 aromatic heterocycles. The summed E-state index contributed by atoms with van der Waals surface area (Å²) in [7, 11) is 0. The van der Waals surface area contributed by atoms with E-state index in [0.717, 1.165) is 25.1 Å². The van der Waals surface area contributed by atoms with Gasteiger partial charge in [-0.2, -0.15) is 11.8 Å². The lowest BCUT2D eigenvalue weighted by atomic mass is 10.0. The summed E-state index contributed by atoms with van der Waals surface area (Å²) in [4.78, 5) is 11.1. The molecule has 19 heavy (non-hydrogen) atoms. The highest BCUT2D eigenvalue weighted by Crippen LogP contribution is 2.31. The fourth-order valence-corrected chi connectivity index (χ4v) is 2.79. The minimum absolute atomic E-state index is 0.217. The first-order valence-corrected chi connectivity index (χ1v) is 7.69. The zero-order valence-electron chi connectivity index (χ0n) is 11.8. The van der Waals surface area contributed by atoms with Crippen LogP contribution in [0.4, 0.5) is 11.4 Å². The molecule has 0 radical (unpaired) electrons. The van der Waals surface area contributed by atoms with Crippen molar-refractivity contribution in [3.8, 4) is 0 Å². The summed E-state index contributed by atoms with van der Waals surface area (Å²) in [6.45, 7) is 5.24. The third-order valence-electron chi connectivity index (χ3n) is 3.66. The van der Waals surface area contributed by atoms with Crippen LogP contribution in [0.2, 0.25) is 0 Å². The van der Waals surface area contributed by atoms with E-state index >= 15 is 0 Å². The van der Waals surface area contributed by atoms with Gasteiger partial charge in [-0.15, -0.1) is 0 Å². The van der Waals surface area contributed by atoms with Gasteiger partial charge in [0, 0.05) is 16.9 Å². The normalized spacial score (nSPS) is 11.3. The molecule has 0 heterocycles. The molecular weight excluding hydrogens is 258 g/mol. The van der Waals surface area contributed by atoms with Gasteiger partial charge in [0.15, 0.2) is 0 Å². The molecule has 0 unspecified atom stereocenters. The van der Waals surface area contributed by atoms with Gasteiger partial charge in [0.05, 0.1) is 11.4 Å². The lowest BCUT2D eigenvalue weighted by molar-refractivity contribution is 0.100. The largest absolute Gasteiger partial charge is 0.397 e. The van der Waals surface area contributed by atoms with Gasteiger partial charge in [-0.25, -0.2) is 0 Å². The Morgan fingerprint density at radius 1 is 1.37 bits per heavy atom. The summed E-state index contributed by atoms with van der Waals surface area (Å²) in [5, 5.41) is 3.37. The van der Waals surface area contributed by atoms with Crippen LogP contribution >= 0.6 is 11.8 Å². The summed E-state index contributed by atoms with van der Waals surface area (Å²) in [5.74, 6) is -0.459. The highest BCUT2D eigenvalue weighted by molar-refractivity contribution is 8.00. The number of rotatable bonds is 7. The van der Waals surface area contributed by atoms with Gasteiger partial charge in [0.25, 0.3) is 0 Å². The average molecular weight is 281 g/mol. The fourth-order valence-electron chi connectivity index (χ4n) is 1.99. The third-order valence-corrected chi connectivity index (χ3v) is 5.25. The summed E-state index contributed by atoms with van der Waals surface area (Å²) in [5.41, 5.74) is 13.0. The van der Waals surface area contributed by atoms with Crippen molar-refractivity contribution in [3.63, 3.8) is 0 Å². The molecule has 0 fully saturated rings. The number of amides is 1. The Kier molecular flexibility index (Phi) is 5.54. The second kappa shape index (κ2) is 6.70. The van der Waals surface area contributed by atoms with Gasteiger partial charge < -0.3 is 16.8 Å². The Morgan fingerprint density at radius 2 is 2.00 bits per heavy atom. The van der Waals surface area contributed by atoms with Gasteiger partial charge in [-0.3, -0.25) is 4.79 Å². The van der Waals surface area contributed by atoms with E-state index in [1.807, 2.05) is 17.8 Å². The molecule has 0 saturated carbocycles. The van der Waals surface area contributed by atoms with E-state index in [1.165, 1.54) is 0 Å². The molecule has 0 aliphatic rings. The highest BCUT2D eigenvalue weighted by Gasteiger charge is 2.24. The minimum atomic E-state index is -0.459. The third kappa shape index (κ3) is 3.80. The van der Waals surface area contributed by atoms with Crippen LogP contribution in [0, 0.1) is 0 Å². The predicted octanol–water partition coefficient (Wildman–Crippen LogP) is 2.70. The van der Waals surface area contributed by atoms with Crippen LogP contribution in [-0.4, -0.2) is 23.5 Å². The number of thioether (sulfide) groups is 1. The summed E-state index contributed by atoms with van der Waals surface area (Å²) in [6.07, 6.45) is 4.32. The molecule has 0 saturated heterocycles. The Labute approximate surface area is 119 Å². The maximum absolute atomic E-state index is 11.1. The van der Waals surface area contributed by atoms with Crippen molar-refractivity contribution in [2.24, 2.45) is 5.73 Å². The molecule has 5 heteroatoms. The number of nitrogen functional groups attached to an aromatic ring is 1. The molecule has 0 aliphatic carbocycles. The average Bonchev–Trinajstić information content (AvgIpc) is 2.42. The zero-order chi connectivity index (χ0) is 14.5. The van der Waals surface area contributed by atoms with Gasteiger partial charge in [0.1, 0.15) is 0 Å². The van der Waals surface area contributed by atoms with Crippen LogP contribution in [0.15, 0.2) is 18.2 Å². The Balaban J connectivity index is 2.80. The smallest absolute Gasteiger partial charge is 0.248 e. The van der Waals surface area contributed by atoms with Crippen LogP contribution in [0.5, 0.6) is 0 Å². The van der Waals surface area contributed by atoms with Crippen molar-refractivity contribution < 1.29 is 4.79 Å². The number of nitrogens with two attached hydrogens (primary N) is 2. The SMILES string of the molecule is CCC(CC)(CNc1ccc(C(N)=O)cc1N)SC. The van der Waals surface area contributed by atoms with Gasteiger partial charge in [-0.1, -0.05) is 13.8 Å². The molecule has 0 spiro atoms. The number of carbonyl (C=O) groups is 1. The van der Waals surface area contributed by atoms with Crippen LogP contribution in [0.3, 0.4) is 0 Å². The number of hydrogen-bond donors (Lipinski definition) is 3. The fraction of sp³-hybridized carbons (Fsp3) is 0.500. The number of nitrogens with one attached hydrogen (secondary N) is 1. The van der Waals surface area contributed by atoms with Gasteiger partial charge in [-0.05, 0) is 37.3 Å². The van der Waals surface area contributed by atoms with E-state index in [2.05, 4.69) is 25.4 Å². The van der Waals surface area contributed by atoms with E-state index in [-0.39, 0.29) is 4.75 Å². The molecule has 0 aliphatic heterocycles. The van der Waals surface area contributed by atoms with E-state index in [1.54, 1.807) is 12.1 Å². The molecule has 1 rings (SSSR count). The Morgan fingerprint density at radius 3 is 2.42 bits per heavy atom. The molecule has 0 atom stereocenters. The number of hydrogen-bond acceptors (Lipinski definition) is 4. The molecule has 106 valence electrons. The Bertz CT molecular complexity index is 436. The van der Waals surface area contributed by atoms with Crippen LogP contribution in [-0.2, 0) is 0 Å². The standard InChI is InChI=1S/C14H23N3OS/c1-4-14(5-2,19-3)9-17-12-7-6-10(13(16)18)8-11(12)15/h6-8,17H,4-5,9,15H2,1-3H3,(H2,16,18). The molecule has 5 N–H and O–H groups in total. The maximum Gasteiger partial charge on any atom is 0.248 e. The van der Waals surface area contributed by atoms with Gasteiger partial charge in [0.2, 0.25) is 5.91 Å². The molecule has 1 aromatic rings. The quantitative estimate of drug-likeness (QED) is 0.671. The molecule has 1 aromatic carbocycles. The maximum atomic E-state index is 11.1.